The quantitative estimate of drug-likeness (QED) is 0.923. The molecular formula is C17H21NO2S. The van der Waals surface area contributed by atoms with Crippen molar-refractivity contribution in [2.75, 3.05) is 12.8 Å². The SMILES string of the molecule is CNC(CS(=O)(=O)c1ccc(C)c(C)c1)c1ccccc1. The highest BCUT2D eigenvalue weighted by Gasteiger charge is 2.21. The molecule has 0 aliphatic carbocycles. The molecule has 0 aromatic heterocycles. The van der Waals surface area contributed by atoms with Crippen molar-refractivity contribution in [3.8, 4) is 0 Å². The molecule has 0 fully saturated rings. The van der Waals surface area contributed by atoms with E-state index in [1.54, 1.807) is 19.2 Å². The fourth-order valence-corrected chi connectivity index (χ4v) is 3.88. The van der Waals surface area contributed by atoms with E-state index in [2.05, 4.69) is 5.32 Å². The Labute approximate surface area is 126 Å². The van der Waals surface area contributed by atoms with E-state index in [4.69, 9.17) is 0 Å². The van der Waals surface area contributed by atoms with Gasteiger partial charge < -0.3 is 5.32 Å². The van der Waals surface area contributed by atoms with Gasteiger partial charge in [0.2, 0.25) is 0 Å². The van der Waals surface area contributed by atoms with Crippen molar-refractivity contribution in [2.45, 2.75) is 24.8 Å². The smallest absolute Gasteiger partial charge is 0.180 e. The summed E-state index contributed by atoms with van der Waals surface area (Å²) in [7, 11) is -1.54. The van der Waals surface area contributed by atoms with Gasteiger partial charge in [-0.15, -0.1) is 0 Å². The number of sulfone groups is 1. The number of hydrogen-bond donors (Lipinski definition) is 1. The number of nitrogens with one attached hydrogen (secondary N) is 1. The van der Waals surface area contributed by atoms with Gasteiger partial charge in [0.15, 0.2) is 9.84 Å². The highest BCUT2D eigenvalue weighted by Crippen LogP contribution is 2.21. The maximum absolute atomic E-state index is 12.6. The minimum Gasteiger partial charge on any atom is -0.312 e. The molecule has 0 bridgehead atoms. The van der Waals surface area contributed by atoms with Crippen LogP contribution in [-0.4, -0.2) is 21.2 Å². The van der Waals surface area contributed by atoms with Crippen LogP contribution in [0.1, 0.15) is 22.7 Å². The molecule has 2 aromatic carbocycles. The first-order valence-electron chi connectivity index (χ1n) is 6.96. The minimum atomic E-state index is -3.32. The molecule has 0 spiro atoms. The molecule has 112 valence electrons. The van der Waals surface area contributed by atoms with E-state index in [-0.39, 0.29) is 11.8 Å². The fourth-order valence-electron chi connectivity index (χ4n) is 2.25. The third kappa shape index (κ3) is 3.71. The molecule has 0 aliphatic rings. The molecule has 0 saturated heterocycles. The molecule has 4 heteroatoms. The molecule has 1 unspecified atom stereocenters. The molecule has 1 atom stereocenters. The van der Waals surface area contributed by atoms with Crippen LogP contribution in [0.15, 0.2) is 53.4 Å². The summed E-state index contributed by atoms with van der Waals surface area (Å²) >= 11 is 0. The van der Waals surface area contributed by atoms with Crippen LogP contribution in [0.2, 0.25) is 0 Å². The summed E-state index contributed by atoms with van der Waals surface area (Å²) < 4.78 is 25.2. The van der Waals surface area contributed by atoms with E-state index in [0.29, 0.717) is 4.90 Å². The topological polar surface area (TPSA) is 46.2 Å². The fraction of sp³-hybridized carbons (Fsp3) is 0.294. The lowest BCUT2D eigenvalue weighted by Gasteiger charge is -2.17. The molecule has 2 aromatic rings. The molecule has 0 saturated carbocycles. The standard InChI is InChI=1S/C17H21NO2S/c1-13-9-10-16(11-14(13)2)21(19,20)12-17(18-3)15-7-5-4-6-8-15/h4-11,17-18H,12H2,1-3H3. The van der Waals surface area contributed by atoms with Crippen molar-refractivity contribution >= 4 is 9.84 Å². The largest absolute Gasteiger partial charge is 0.312 e. The second kappa shape index (κ2) is 6.41. The summed E-state index contributed by atoms with van der Waals surface area (Å²) in [5.41, 5.74) is 3.08. The van der Waals surface area contributed by atoms with Gasteiger partial charge in [-0.05, 0) is 49.7 Å². The highest BCUT2D eigenvalue weighted by molar-refractivity contribution is 7.91. The van der Waals surface area contributed by atoms with Crippen molar-refractivity contribution in [3.05, 3.63) is 65.2 Å². The molecule has 0 heterocycles. The monoisotopic (exact) mass is 303 g/mol. The Hall–Kier alpha value is -1.65. The van der Waals surface area contributed by atoms with Crippen LogP contribution >= 0.6 is 0 Å². The lowest BCUT2D eigenvalue weighted by Crippen LogP contribution is -2.25. The van der Waals surface area contributed by atoms with Gasteiger partial charge in [0, 0.05) is 6.04 Å². The van der Waals surface area contributed by atoms with E-state index in [1.807, 2.05) is 50.2 Å². The zero-order chi connectivity index (χ0) is 15.5. The normalized spacial score (nSPS) is 13.1. The highest BCUT2D eigenvalue weighted by atomic mass is 32.2. The molecule has 0 amide bonds. The Morgan fingerprint density at radius 2 is 1.67 bits per heavy atom. The van der Waals surface area contributed by atoms with Gasteiger partial charge in [-0.2, -0.15) is 0 Å². The summed E-state index contributed by atoms with van der Waals surface area (Å²) in [6, 6.07) is 14.7. The molecule has 0 aliphatic heterocycles. The van der Waals surface area contributed by atoms with Gasteiger partial charge >= 0.3 is 0 Å². The molecular weight excluding hydrogens is 282 g/mol. The van der Waals surface area contributed by atoms with Crippen molar-refractivity contribution < 1.29 is 8.42 Å². The summed E-state index contributed by atoms with van der Waals surface area (Å²) in [4.78, 5) is 0.391. The first-order valence-corrected chi connectivity index (χ1v) is 8.61. The summed E-state index contributed by atoms with van der Waals surface area (Å²) in [6.45, 7) is 3.91. The van der Waals surface area contributed by atoms with Crippen LogP contribution in [-0.2, 0) is 9.84 Å². The maximum Gasteiger partial charge on any atom is 0.180 e. The van der Waals surface area contributed by atoms with Gasteiger partial charge in [-0.1, -0.05) is 36.4 Å². The molecule has 1 N–H and O–H groups in total. The molecule has 0 radical (unpaired) electrons. The van der Waals surface area contributed by atoms with E-state index >= 15 is 0 Å². The first-order chi connectivity index (χ1) is 9.94. The zero-order valence-electron chi connectivity index (χ0n) is 12.6. The maximum atomic E-state index is 12.6. The average molecular weight is 303 g/mol. The lowest BCUT2D eigenvalue weighted by atomic mass is 10.1. The number of rotatable bonds is 5. The van der Waals surface area contributed by atoms with E-state index in [0.717, 1.165) is 16.7 Å². The van der Waals surface area contributed by atoms with Crippen LogP contribution < -0.4 is 5.32 Å². The van der Waals surface area contributed by atoms with Crippen molar-refractivity contribution in [1.29, 1.82) is 0 Å². The first kappa shape index (κ1) is 15.7. The predicted octanol–water partition coefficient (Wildman–Crippen LogP) is 3.04. The minimum absolute atomic E-state index is 0.0516. The summed E-state index contributed by atoms with van der Waals surface area (Å²) in [6.07, 6.45) is 0. The number of benzene rings is 2. The third-order valence-electron chi connectivity index (χ3n) is 3.77. The summed E-state index contributed by atoms with van der Waals surface area (Å²) in [5.74, 6) is 0.0516. The second-order valence-corrected chi connectivity index (χ2v) is 7.31. The van der Waals surface area contributed by atoms with Crippen LogP contribution in [0, 0.1) is 13.8 Å². The predicted molar refractivity (Wildman–Crippen MR) is 86.2 cm³/mol. The van der Waals surface area contributed by atoms with Gasteiger partial charge in [0.05, 0.1) is 10.6 Å². The third-order valence-corrected chi connectivity index (χ3v) is 5.52. The second-order valence-electron chi connectivity index (χ2n) is 5.28. The van der Waals surface area contributed by atoms with Crippen LogP contribution in [0.4, 0.5) is 0 Å². The van der Waals surface area contributed by atoms with Crippen molar-refractivity contribution in [1.82, 2.24) is 5.32 Å². The zero-order valence-corrected chi connectivity index (χ0v) is 13.4. The van der Waals surface area contributed by atoms with Crippen LogP contribution in [0.5, 0.6) is 0 Å². The van der Waals surface area contributed by atoms with Crippen molar-refractivity contribution in [3.63, 3.8) is 0 Å². The Kier molecular flexibility index (Phi) is 4.80. The van der Waals surface area contributed by atoms with Crippen molar-refractivity contribution in [2.24, 2.45) is 0 Å². The Balaban J connectivity index is 2.29. The van der Waals surface area contributed by atoms with Gasteiger partial charge in [-0.3, -0.25) is 0 Å². The van der Waals surface area contributed by atoms with E-state index in [1.165, 1.54) is 0 Å². The lowest BCUT2D eigenvalue weighted by molar-refractivity contribution is 0.574. The van der Waals surface area contributed by atoms with Gasteiger partial charge in [0.1, 0.15) is 0 Å². The average Bonchev–Trinajstić information content (AvgIpc) is 2.48. The van der Waals surface area contributed by atoms with Gasteiger partial charge in [-0.25, -0.2) is 8.42 Å². The number of hydrogen-bond acceptors (Lipinski definition) is 3. The van der Waals surface area contributed by atoms with E-state index < -0.39 is 9.84 Å². The van der Waals surface area contributed by atoms with Gasteiger partial charge in [0.25, 0.3) is 0 Å². The Morgan fingerprint density at radius 1 is 1.00 bits per heavy atom. The van der Waals surface area contributed by atoms with E-state index in [9.17, 15) is 8.42 Å². The number of aryl methyl sites for hydroxylation is 2. The molecule has 21 heavy (non-hydrogen) atoms. The molecule has 3 nitrogen and oxygen atoms in total. The summed E-state index contributed by atoms with van der Waals surface area (Å²) in [5, 5.41) is 3.09. The molecule has 2 rings (SSSR count). The van der Waals surface area contributed by atoms with Crippen LogP contribution in [0.25, 0.3) is 0 Å². The Bertz CT molecular complexity index is 709. The Morgan fingerprint density at radius 3 is 2.24 bits per heavy atom. The van der Waals surface area contributed by atoms with Crippen LogP contribution in [0.3, 0.4) is 0 Å².